The van der Waals surface area contributed by atoms with Crippen LogP contribution in [-0.2, 0) is 6.18 Å². The molecule has 0 spiro atoms. The molecule has 3 heterocycles. The molecule has 0 aliphatic carbocycles. The van der Waals surface area contributed by atoms with Crippen LogP contribution in [0.3, 0.4) is 0 Å². The highest BCUT2D eigenvalue weighted by atomic mass is 32.1. The minimum atomic E-state index is -4.46. The van der Waals surface area contributed by atoms with E-state index in [1.165, 1.54) is 18.4 Å². The van der Waals surface area contributed by atoms with E-state index in [-0.39, 0.29) is 24.9 Å². The monoisotopic (exact) mass is 462 g/mol. The molecule has 0 bridgehead atoms. The summed E-state index contributed by atoms with van der Waals surface area (Å²) in [6, 6.07) is 9.14. The van der Waals surface area contributed by atoms with E-state index in [1.807, 2.05) is 17.5 Å². The number of hydrogen-bond acceptors (Lipinski definition) is 6. The maximum absolute atomic E-state index is 12.7. The summed E-state index contributed by atoms with van der Waals surface area (Å²) in [5.41, 5.74) is 0.569. The molecule has 11 heteroatoms. The Hall–Kier alpha value is -3.60. The van der Waals surface area contributed by atoms with Crippen LogP contribution in [0.15, 0.2) is 48.0 Å². The summed E-state index contributed by atoms with van der Waals surface area (Å²) in [6.07, 6.45) is -3.76. The van der Waals surface area contributed by atoms with Crippen LogP contribution in [0.1, 0.15) is 15.9 Å². The summed E-state index contributed by atoms with van der Waals surface area (Å²) in [7, 11) is 1.53. The van der Waals surface area contributed by atoms with E-state index in [2.05, 4.69) is 20.3 Å². The van der Waals surface area contributed by atoms with Crippen molar-refractivity contribution in [1.29, 1.82) is 0 Å². The first-order valence-electron chi connectivity index (χ1n) is 9.41. The molecule has 2 N–H and O–H groups in total. The lowest BCUT2D eigenvalue weighted by molar-refractivity contribution is -0.137. The number of nitrogens with zero attached hydrogens (tertiary/aromatic N) is 2. The molecular weight excluding hydrogens is 445 g/mol. The topological polar surface area (TPSA) is 89.1 Å². The van der Waals surface area contributed by atoms with Crippen molar-refractivity contribution in [3.63, 3.8) is 0 Å². The third-order valence-corrected chi connectivity index (χ3v) is 5.40. The van der Waals surface area contributed by atoms with Gasteiger partial charge in [-0.1, -0.05) is 6.07 Å². The second kappa shape index (κ2) is 8.87. The average molecular weight is 462 g/mol. The van der Waals surface area contributed by atoms with E-state index >= 15 is 0 Å². The lowest BCUT2D eigenvalue weighted by Crippen LogP contribution is -2.28. The van der Waals surface area contributed by atoms with E-state index in [1.54, 1.807) is 12.1 Å². The summed E-state index contributed by atoms with van der Waals surface area (Å²) in [4.78, 5) is 25.0. The van der Waals surface area contributed by atoms with Gasteiger partial charge in [0.2, 0.25) is 5.88 Å². The Balaban J connectivity index is 1.42. The van der Waals surface area contributed by atoms with Crippen molar-refractivity contribution in [1.82, 2.24) is 20.3 Å². The molecule has 0 radical (unpaired) electrons. The predicted molar refractivity (Wildman–Crippen MR) is 113 cm³/mol. The zero-order valence-corrected chi connectivity index (χ0v) is 17.5. The minimum absolute atomic E-state index is 0.0322. The molecule has 0 saturated carbocycles. The highest BCUT2D eigenvalue weighted by molar-refractivity contribution is 7.13. The fourth-order valence-electron chi connectivity index (χ4n) is 3.00. The van der Waals surface area contributed by atoms with Gasteiger partial charge in [0.25, 0.3) is 5.91 Å². The van der Waals surface area contributed by atoms with Crippen LogP contribution in [0.25, 0.3) is 21.7 Å². The lowest BCUT2D eigenvalue weighted by Gasteiger charge is -2.10. The third kappa shape index (κ3) is 4.52. The molecule has 0 aliphatic heterocycles. The van der Waals surface area contributed by atoms with E-state index < -0.39 is 11.7 Å². The Bertz CT molecular complexity index is 1220. The van der Waals surface area contributed by atoms with Gasteiger partial charge in [0.15, 0.2) is 0 Å². The van der Waals surface area contributed by atoms with Gasteiger partial charge in [0, 0.05) is 12.3 Å². The van der Waals surface area contributed by atoms with E-state index in [4.69, 9.17) is 9.47 Å². The van der Waals surface area contributed by atoms with Crippen LogP contribution in [0.2, 0.25) is 0 Å². The normalized spacial score (nSPS) is 11.5. The molecule has 0 unspecified atom stereocenters. The molecule has 7 nitrogen and oxygen atoms in total. The second-order valence-electron chi connectivity index (χ2n) is 6.59. The van der Waals surface area contributed by atoms with Crippen LogP contribution in [0.5, 0.6) is 11.6 Å². The molecule has 166 valence electrons. The number of imidazole rings is 1. The number of methoxy groups -OCH3 is 1. The molecule has 3 aromatic heterocycles. The zero-order chi connectivity index (χ0) is 22.7. The minimum Gasteiger partial charge on any atom is -0.494 e. The Kier molecular flexibility index (Phi) is 5.99. The maximum Gasteiger partial charge on any atom is 0.417 e. The number of nitrogens with one attached hydrogen (secondary N) is 2. The molecule has 32 heavy (non-hydrogen) atoms. The molecule has 4 aromatic rings. The fraction of sp³-hybridized carbons (Fsp3) is 0.190. The fourth-order valence-corrected chi connectivity index (χ4v) is 3.67. The average Bonchev–Trinajstić information content (AvgIpc) is 3.45. The van der Waals surface area contributed by atoms with Crippen molar-refractivity contribution in [2.45, 2.75) is 6.18 Å². The molecule has 0 fully saturated rings. The number of pyridine rings is 1. The number of fused-ring (bicyclic) bond motifs is 1. The first kappa shape index (κ1) is 21.6. The van der Waals surface area contributed by atoms with Crippen molar-refractivity contribution in [2.75, 3.05) is 20.3 Å². The van der Waals surface area contributed by atoms with Crippen molar-refractivity contribution >= 4 is 28.3 Å². The zero-order valence-electron chi connectivity index (χ0n) is 16.7. The van der Waals surface area contributed by atoms with Gasteiger partial charge in [-0.2, -0.15) is 13.2 Å². The van der Waals surface area contributed by atoms with Crippen LogP contribution >= 0.6 is 11.3 Å². The maximum atomic E-state index is 12.7. The van der Waals surface area contributed by atoms with Crippen LogP contribution in [0.4, 0.5) is 13.2 Å². The van der Waals surface area contributed by atoms with Gasteiger partial charge in [-0.25, -0.2) is 9.97 Å². The summed E-state index contributed by atoms with van der Waals surface area (Å²) < 4.78 is 48.4. The van der Waals surface area contributed by atoms with Gasteiger partial charge in [-0.3, -0.25) is 4.79 Å². The number of hydrogen-bond donors (Lipinski definition) is 2. The standard InChI is InChI=1S/C21H17F3N4O3S/c1-30-14-6-5-13(17-18(14)28-19(27-17)15-3-2-10-32-15)20(29)25-8-9-31-16-7-4-12(11-26-16)21(22,23)24/h2-7,10-11H,8-9H2,1H3,(H,25,29)(H,27,28). The quantitative estimate of drug-likeness (QED) is 0.394. The summed E-state index contributed by atoms with van der Waals surface area (Å²) in [5, 5.41) is 4.64. The number of halogens is 3. The van der Waals surface area contributed by atoms with Crippen molar-refractivity contribution < 1.29 is 27.4 Å². The molecule has 4 rings (SSSR count). The molecule has 0 saturated heterocycles. The Morgan fingerprint density at radius 3 is 2.72 bits per heavy atom. The number of thiophene rings is 1. The van der Waals surface area contributed by atoms with Crippen LogP contribution in [0, 0.1) is 0 Å². The number of rotatable bonds is 7. The van der Waals surface area contributed by atoms with E-state index in [0.29, 0.717) is 34.4 Å². The van der Waals surface area contributed by atoms with Crippen LogP contribution in [-0.4, -0.2) is 41.1 Å². The smallest absolute Gasteiger partial charge is 0.417 e. The highest BCUT2D eigenvalue weighted by Crippen LogP contribution is 2.31. The number of alkyl halides is 3. The summed E-state index contributed by atoms with van der Waals surface area (Å²) >= 11 is 1.52. The molecular formula is C21H17F3N4O3S. The number of H-pyrrole nitrogens is 1. The first-order valence-corrected chi connectivity index (χ1v) is 10.3. The Morgan fingerprint density at radius 2 is 2.06 bits per heavy atom. The number of carbonyl (C=O) groups is 1. The van der Waals surface area contributed by atoms with Gasteiger partial charge in [0.05, 0.1) is 29.7 Å². The van der Waals surface area contributed by atoms with Crippen LogP contribution < -0.4 is 14.8 Å². The SMILES string of the molecule is COc1ccc(C(=O)NCCOc2ccc(C(F)(F)F)cn2)c2nc(-c3cccs3)[nH]c12. The number of ether oxygens (including phenoxy) is 2. The molecule has 1 aromatic carbocycles. The summed E-state index contributed by atoms with van der Waals surface area (Å²) in [6.45, 7) is 0.154. The predicted octanol–water partition coefficient (Wildman–Crippen LogP) is 4.52. The van der Waals surface area contributed by atoms with Crippen molar-refractivity contribution in [3.8, 4) is 22.3 Å². The summed E-state index contributed by atoms with van der Waals surface area (Å²) in [5.74, 6) is 0.853. The number of aromatic amines is 1. The van der Waals surface area contributed by atoms with E-state index in [9.17, 15) is 18.0 Å². The van der Waals surface area contributed by atoms with Crippen molar-refractivity contribution in [3.05, 3.63) is 59.1 Å². The van der Waals surface area contributed by atoms with E-state index in [0.717, 1.165) is 17.0 Å². The third-order valence-electron chi connectivity index (χ3n) is 4.53. The Morgan fingerprint density at radius 1 is 1.22 bits per heavy atom. The van der Waals surface area contributed by atoms with Gasteiger partial charge in [0.1, 0.15) is 29.2 Å². The number of aromatic nitrogens is 3. The van der Waals surface area contributed by atoms with Gasteiger partial charge in [-0.05, 0) is 29.6 Å². The lowest BCUT2D eigenvalue weighted by atomic mass is 10.1. The number of benzene rings is 1. The molecule has 0 aliphatic rings. The number of carbonyl (C=O) groups excluding carboxylic acids is 1. The largest absolute Gasteiger partial charge is 0.494 e. The molecule has 1 amide bonds. The van der Waals surface area contributed by atoms with Gasteiger partial charge in [-0.15, -0.1) is 11.3 Å². The second-order valence-corrected chi connectivity index (χ2v) is 7.54. The first-order chi connectivity index (χ1) is 15.4. The van der Waals surface area contributed by atoms with Gasteiger partial charge < -0.3 is 19.8 Å². The van der Waals surface area contributed by atoms with Gasteiger partial charge >= 0.3 is 6.18 Å². The molecule has 0 atom stereocenters. The van der Waals surface area contributed by atoms with Crippen molar-refractivity contribution in [2.24, 2.45) is 0 Å². The highest BCUT2D eigenvalue weighted by Gasteiger charge is 2.30. The number of amides is 1. The Labute approximate surface area is 184 Å².